The van der Waals surface area contributed by atoms with Crippen LogP contribution in [-0.2, 0) is 23.9 Å². The van der Waals surface area contributed by atoms with E-state index in [4.69, 9.17) is 4.74 Å². The van der Waals surface area contributed by atoms with E-state index in [1.807, 2.05) is 12.2 Å². The Morgan fingerprint density at radius 1 is 1.10 bits per heavy atom. The lowest BCUT2D eigenvalue weighted by Crippen LogP contribution is -2.47. The smallest absolute Gasteiger partial charge is 0.321 e. The molecule has 0 radical (unpaired) electrons. The number of urea groups is 1. The highest BCUT2D eigenvalue weighted by atomic mass is 16.5. The van der Waals surface area contributed by atoms with E-state index in [9.17, 15) is 24.0 Å². The zero-order valence-electron chi connectivity index (χ0n) is 16.5. The minimum atomic E-state index is -1.16. The number of allylic oxidation sites excluding steroid dienone is 2. The van der Waals surface area contributed by atoms with Gasteiger partial charge in [-0.15, -0.1) is 0 Å². The molecule has 1 saturated carbocycles. The number of ether oxygens (including phenoxy) is 1. The Morgan fingerprint density at radius 3 is 2.28 bits per heavy atom. The van der Waals surface area contributed by atoms with Crippen LogP contribution in [0.25, 0.3) is 0 Å². The second kappa shape index (κ2) is 9.19. The second-order valence-corrected chi connectivity index (χ2v) is 7.81. The van der Waals surface area contributed by atoms with Crippen molar-refractivity contribution >= 4 is 29.7 Å². The van der Waals surface area contributed by atoms with E-state index in [1.54, 1.807) is 0 Å². The number of nitrogens with one attached hydrogen (secondary N) is 2. The molecule has 0 spiro atoms. The summed E-state index contributed by atoms with van der Waals surface area (Å²) in [5.74, 6) is -2.63. The van der Waals surface area contributed by atoms with Gasteiger partial charge >= 0.3 is 12.0 Å². The largest absolute Gasteiger partial charge is 0.452 e. The van der Waals surface area contributed by atoms with Gasteiger partial charge in [-0.25, -0.2) is 4.79 Å². The first-order chi connectivity index (χ1) is 13.9. The van der Waals surface area contributed by atoms with Gasteiger partial charge in [-0.05, 0) is 32.6 Å². The fourth-order valence-corrected chi connectivity index (χ4v) is 4.11. The van der Waals surface area contributed by atoms with Gasteiger partial charge in [0.05, 0.1) is 18.3 Å². The van der Waals surface area contributed by atoms with Crippen LogP contribution in [0.15, 0.2) is 12.2 Å². The maximum atomic E-state index is 12.4. The maximum absolute atomic E-state index is 12.4. The number of nitrogens with zero attached hydrogens (tertiary/aromatic N) is 1. The van der Waals surface area contributed by atoms with Gasteiger partial charge in [0.25, 0.3) is 5.91 Å². The lowest BCUT2D eigenvalue weighted by molar-refractivity contribution is -0.155. The van der Waals surface area contributed by atoms with E-state index < -0.39 is 24.0 Å². The van der Waals surface area contributed by atoms with Crippen molar-refractivity contribution in [3.05, 3.63) is 12.2 Å². The lowest BCUT2D eigenvalue weighted by atomic mass is 9.85. The molecule has 5 amide bonds. The molecule has 0 unspecified atom stereocenters. The van der Waals surface area contributed by atoms with E-state index in [0.717, 1.165) is 30.6 Å². The zero-order chi connectivity index (χ0) is 21.0. The van der Waals surface area contributed by atoms with E-state index in [0.29, 0.717) is 12.8 Å². The number of hydrogen-bond acceptors (Lipinski definition) is 6. The van der Waals surface area contributed by atoms with E-state index in [2.05, 4.69) is 10.6 Å². The summed E-state index contributed by atoms with van der Waals surface area (Å²) in [5, 5.41) is 4.88. The molecule has 1 heterocycles. The van der Waals surface area contributed by atoms with Crippen molar-refractivity contribution in [3.8, 4) is 0 Å². The molecule has 2 N–H and O–H groups in total. The van der Waals surface area contributed by atoms with E-state index in [1.165, 1.54) is 6.92 Å². The van der Waals surface area contributed by atoms with Crippen LogP contribution in [0, 0.1) is 11.8 Å². The van der Waals surface area contributed by atoms with Crippen molar-refractivity contribution in [2.45, 2.75) is 64.0 Å². The predicted molar refractivity (Wildman–Crippen MR) is 101 cm³/mol. The second-order valence-electron chi connectivity index (χ2n) is 7.81. The van der Waals surface area contributed by atoms with Crippen LogP contribution in [0.1, 0.15) is 51.9 Å². The number of imide groups is 2. The fourth-order valence-electron chi connectivity index (χ4n) is 4.11. The molecule has 2 fully saturated rings. The number of hydrogen-bond donors (Lipinski definition) is 2. The zero-order valence-corrected chi connectivity index (χ0v) is 16.5. The lowest BCUT2D eigenvalue weighted by Gasteiger charge is -2.17. The molecule has 0 aromatic carbocycles. The van der Waals surface area contributed by atoms with Crippen LogP contribution in [0.4, 0.5) is 4.79 Å². The number of esters is 1. The number of likely N-dealkylation sites (tertiary alicyclic amines) is 1. The minimum absolute atomic E-state index is 0.0649. The summed E-state index contributed by atoms with van der Waals surface area (Å²) in [4.78, 5) is 61.7. The van der Waals surface area contributed by atoms with Crippen molar-refractivity contribution in [2.75, 3.05) is 6.54 Å². The van der Waals surface area contributed by atoms with Crippen LogP contribution in [0.2, 0.25) is 0 Å². The summed E-state index contributed by atoms with van der Waals surface area (Å²) in [6.07, 6.45) is 7.38. The molecule has 9 heteroatoms. The van der Waals surface area contributed by atoms with Crippen LogP contribution >= 0.6 is 0 Å². The van der Waals surface area contributed by atoms with Gasteiger partial charge in [-0.2, -0.15) is 0 Å². The SMILES string of the molecule is C[C@@H](OC(=O)CCN1C(=O)[C@H]2CC=CC[C@H]2C1=O)C(=O)NC(=O)NC1CCCC1. The summed E-state index contributed by atoms with van der Waals surface area (Å²) in [6, 6.07) is -0.538. The van der Waals surface area contributed by atoms with Crippen LogP contribution in [0.5, 0.6) is 0 Å². The molecule has 2 aliphatic carbocycles. The van der Waals surface area contributed by atoms with Gasteiger partial charge in [-0.3, -0.25) is 29.4 Å². The fraction of sp³-hybridized carbons (Fsp3) is 0.650. The van der Waals surface area contributed by atoms with Gasteiger partial charge in [0.15, 0.2) is 6.10 Å². The monoisotopic (exact) mass is 405 g/mol. The van der Waals surface area contributed by atoms with Gasteiger partial charge < -0.3 is 10.1 Å². The molecule has 3 rings (SSSR count). The molecule has 1 aliphatic heterocycles. The summed E-state index contributed by atoms with van der Waals surface area (Å²) < 4.78 is 5.04. The number of rotatable bonds is 6. The Hall–Kier alpha value is -2.71. The first-order valence-corrected chi connectivity index (χ1v) is 10.2. The molecular formula is C20H27N3O6. The van der Waals surface area contributed by atoms with Crippen molar-refractivity contribution in [2.24, 2.45) is 11.8 Å². The molecule has 29 heavy (non-hydrogen) atoms. The highest BCUT2D eigenvalue weighted by Gasteiger charge is 2.47. The molecule has 3 atom stereocenters. The van der Waals surface area contributed by atoms with Crippen molar-refractivity contribution in [1.82, 2.24) is 15.5 Å². The van der Waals surface area contributed by atoms with Crippen LogP contribution < -0.4 is 10.6 Å². The van der Waals surface area contributed by atoms with Gasteiger partial charge in [-0.1, -0.05) is 25.0 Å². The molecule has 0 aromatic heterocycles. The van der Waals surface area contributed by atoms with E-state index >= 15 is 0 Å². The molecule has 158 valence electrons. The van der Waals surface area contributed by atoms with Gasteiger partial charge in [0.2, 0.25) is 11.8 Å². The molecule has 0 aromatic rings. The van der Waals surface area contributed by atoms with Crippen LogP contribution in [-0.4, -0.2) is 53.3 Å². The Kier molecular flexibility index (Phi) is 6.66. The third-order valence-corrected chi connectivity index (χ3v) is 5.74. The molecule has 1 saturated heterocycles. The first-order valence-electron chi connectivity index (χ1n) is 10.2. The summed E-state index contributed by atoms with van der Waals surface area (Å²) in [6.45, 7) is 1.29. The number of amides is 5. The summed E-state index contributed by atoms with van der Waals surface area (Å²) >= 11 is 0. The normalized spacial score (nSPS) is 24.9. The third kappa shape index (κ3) is 5.02. The maximum Gasteiger partial charge on any atom is 0.321 e. The topological polar surface area (TPSA) is 122 Å². The molecular weight excluding hydrogens is 378 g/mol. The average molecular weight is 405 g/mol. The minimum Gasteiger partial charge on any atom is -0.452 e. The molecule has 9 nitrogen and oxygen atoms in total. The quantitative estimate of drug-likeness (QED) is 0.387. The van der Waals surface area contributed by atoms with Crippen molar-refractivity contribution < 1.29 is 28.7 Å². The Balaban J connectivity index is 1.40. The van der Waals surface area contributed by atoms with Gasteiger partial charge in [0, 0.05) is 12.6 Å². The molecule has 0 bridgehead atoms. The Bertz CT molecular complexity index is 702. The molecule has 3 aliphatic rings. The number of carbonyl (C=O) groups is 5. The highest BCUT2D eigenvalue weighted by molar-refractivity contribution is 6.05. The third-order valence-electron chi connectivity index (χ3n) is 5.74. The standard InChI is InChI=1S/C20H27N3O6/c1-12(17(25)22-20(28)21-13-6-2-3-7-13)29-16(24)10-11-23-18(26)14-8-4-5-9-15(14)19(23)27/h4-5,12-15H,2-3,6-11H2,1H3,(H2,21,22,25,28)/t12-,14-,15+/m1/s1. The average Bonchev–Trinajstić information content (AvgIpc) is 3.27. The van der Waals surface area contributed by atoms with Gasteiger partial charge in [0.1, 0.15) is 0 Å². The van der Waals surface area contributed by atoms with E-state index in [-0.39, 0.29) is 42.7 Å². The number of fused-ring (bicyclic) bond motifs is 1. The Labute approximate surface area is 169 Å². The summed E-state index contributed by atoms with van der Waals surface area (Å²) in [5.41, 5.74) is 0. The summed E-state index contributed by atoms with van der Waals surface area (Å²) in [7, 11) is 0. The predicted octanol–water partition coefficient (Wildman–Crippen LogP) is 1.03. The first kappa shape index (κ1) is 21.0. The highest BCUT2D eigenvalue weighted by Crippen LogP contribution is 2.35. The number of carbonyl (C=O) groups excluding carboxylic acids is 5. The van der Waals surface area contributed by atoms with Crippen molar-refractivity contribution in [1.29, 1.82) is 0 Å². The van der Waals surface area contributed by atoms with Crippen LogP contribution in [0.3, 0.4) is 0 Å². The van der Waals surface area contributed by atoms with Crippen molar-refractivity contribution in [3.63, 3.8) is 0 Å². The Morgan fingerprint density at radius 2 is 1.69 bits per heavy atom.